The first kappa shape index (κ1) is 10.1. The van der Waals surface area contributed by atoms with Crippen molar-refractivity contribution in [3.05, 3.63) is 0 Å². The predicted molar refractivity (Wildman–Crippen MR) is 45.2 cm³/mol. The van der Waals surface area contributed by atoms with Crippen molar-refractivity contribution in [2.75, 3.05) is 24.6 Å². The lowest BCUT2D eigenvalue weighted by Gasteiger charge is -1.97. The molecule has 0 rings (SSSR count). The van der Waals surface area contributed by atoms with Gasteiger partial charge in [0.1, 0.15) is 0 Å². The van der Waals surface area contributed by atoms with Crippen LogP contribution < -0.4 is 11.5 Å². The lowest BCUT2D eigenvalue weighted by Crippen LogP contribution is -2.11. The quantitative estimate of drug-likeness (QED) is 0.552. The van der Waals surface area contributed by atoms with Gasteiger partial charge in [0.05, 0.1) is 0 Å². The van der Waals surface area contributed by atoms with E-state index in [0.29, 0.717) is 13.1 Å². The molecule has 0 bridgehead atoms. The van der Waals surface area contributed by atoms with Gasteiger partial charge in [0.15, 0.2) is 0 Å². The number of nitrogens with two attached hydrogens (primary N) is 2. The van der Waals surface area contributed by atoms with Crippen molar-refractivity contribution in [2.24, 2.45) is 11.5 Å². The van der Waals surface area contributed by atoms with Gasteiger partial charge in [-0.25, -0.2) is 0 Å². The van der Waals surface area contributed by atoms with Gasteiger partial charge >= 0.3 is 0 Å². The summed E-state index contributed by atoms with van der Waals surface area (Å²) >= 11 is 0. The topological polar surface area (TPSA) is 69.1 Å². The summed E-state index contributed by atoms with van der Waals surface area (Å²) in [7, 11) is -0.680. The van der Waals surface area contributed by atoms with Crippen LogP contribution in [0.5, 0.6) is 0 Å². The highest BCUT2D eigenvalue weighted by Gasteiger charge is 1.96. The van der Waals surface area contributed by atoms with Gasteiger partial charge < -0.3 is 11.5 Å². The molecule has 0 radical (unpaired) electrons. The van der Waals surface area contributed by atoms with E-state index < -0.39 is 10.8 Å². The summed E-state index contributed by atoms with van der Waals surface area (Å²) < 4.78 is 11.0. The van der Waals surface area contributed by atoms with Gasteiger partial charge in [-0.05, 0) is 25.9 Å². The number of hydrogen-bond donors (Lipinski definition) is 2. The highest BCUT2D eigenvalue weighted by molar-refractivity contribution is 7.84. The Morgan fingerprint density at radius 2 is 1.40 bits per heavy atom. The molecule has 0 fully saturated rings. The molecule has 0 aromatic heterocycles. The molecule has 4 heteroatoms. The third-order valence-electron chi connectivity index (χ3n) is 1.15. The van der Waals surface area contributed by atoms with Crippen LogP contribution in [0, 0.1) is 0 Å². The Labute approximate surface area is 64.6 Å². The fourth-order valence-corrected chi connectivity index (χ4v) is 1.77. The molecule has 10 heavy (non-hydrogen) atoms. The summed E-state index contributed by atoms with van der Waals surface area (Å²) in [5.74, 6) is 1.47. The van der Waals surface area contributed by atoms with Crippen LogP contribution in [-0.2, 0) is 10.8 Å². The molecule has 62 valence electrons. The van der Waals surface area contributed by atoms with Crippen molar-refractivity contribution < 1.29 is 4.21 Å². The first-order valence-corrected chi connectivity index (χ1v) is 5.05. The van der Waals surface area contributed by atoms with Crippen molar-refractivity contribution in [2.45, 2.75) is 12.8 Å². The van der Waals surface area contributed by atoms with E-state index in [-0.39, 0.29) is 0 Å². The van der Waals surface area contributed by atoms with Crippen LogP contribution in [0.3, 0.4) is 0 Å². The molecule has 0 amide bonds. The molecule has 0 aromatic rings. The SMILES string of the molecule is NCCCS(=O)CCCN. The molecule has 0 aliphatic carbocycles. The number of rotatable bonds is 6. The highest BCUT2D eigenvalue weighted by Crippen LogP contribution is 1.88. The normalized spacial score (nSPS) is 10.7. The molecule has 0 heterocycles. The maximum Gasteiger partial charge on any atom is 0.0246 e. The standard InChI is InChI=1S/C6H16N2OS/c7-3-1-5-10(9)6-2-4-8/h1-8H2. The van der Waals surface area contributed by atoms with E-state index in [2.05, 4.69) is 0 Å². The monoisotopic (exact) mass is 164 g/mol. The first-order chi connectivity index (χ1) is 4.81. The van der Waals surface area contributed by atoms with E-state index in [0.717, 1.165) is 24.3 Å². The minimum absolute atomic E-state index is 0.633. The molecule has 0 aliphatic heterocycles. The Balaban J connectivity index is 3.09. The zero-order chi connectivity index (χ0) is 7.82. The van der Waals surface area contributed by atoms with Gasteiger partial charge in [-0.3, -0.25) is 4.21 Å². The smallest absolute Gasteiger partial charge is 0.0246 e. The maximum absolute atomic E-state index is 11.0. The van der Waals surface area contributed by atoms with E-state index >= 15 is 0 Å². The van der Waals surface area contributed by atoms with E-state index in [1.54, 1.807) is 0 Å². The van der Waals surface area contributed by atoms with Gasteiger partial charge in [0, 0.05) is 22.3 Å². The average Bonchev–Trinajstić information content (AvgIpc) is 1.97. The van der Waals surface area contributed by atoms with Crippen molar-refractivity contribution in [1.82, 2.24) is 0 Å². The van der Waals surface area contributed by atoms with Crippen molar-refractivity contribution in [1.29, 1.82) is 0 Å². The van der Waals surface area contributed by atoms with Crippen LogP contribution in [-0.4, -0.2) is 28.8 Å². The lowest BCUT2D eigenvalue weighted by atomic mass is 10.5. The Bertz CT molecular complexity index is 87.7. The maximum atomic E-state index is 11.0. The van der Waals surface area contributed by atoms with Gasteiger partial charge in [-0.1, -0.05) is 0 Å². The second kappa shape index (κ2) is 7.18. The van der Waals surface area contributed by atoms with Gasteiger partial charge in [0.25, 0.3) is 0 Å². The van der Waals surface area contributed by atoms with E-state index in [1.807, 2.05) is 0 Å². The minimum atomic E-state index is -0.680. The van der Waals surface area contributed by atoms with Gasteiger partial charge in [-0.2, -0.15) is 0 Å². The fourth-order valence-electron chi connectivity index (χ4n) is 0.591. The van der Waals surface area contributed by atoms with Crippen LogP contribution in [0.25, 0.3) is 0 Å². The Kier molecular flexibility index (Phi) is 7.23. The zero-order valence-corrected chi connectivity index (χ0v) is 7.03. The first-order valence-electron chi connectivity index (χ1n) is 3.56. The fraction of sp³-hybridized carbons (Fsp3) is 1.00. The molecule has 0 aromatic carbocycles. The third kappa shape index (κ3) is 6.19. The average molecular weight is 164 g/mol. The van der Waals surface area contributed by atoms with Crippen LogP contribution in [0.1, 0.15) is 12.8 Å². The van der Waals surface area contributed by atoms with Crippen molar-refractivity contribution in [3.8, 4) is 0 Å². The summed E-state index contributed by atoms with van der Waals surface area (Å²) in [6.45, 7) is 1.27. The zero-order valence-electron chi connectivity index (χ0n) is 6.21. The molecular formula is C6H16N2OS. The summed E-state index contributed by atoms with van der Waals surface area (Å²) in [4.78, 5) is 0. The van der Waals surface area contributed by atoms with Gasteiger partial charge in [0.2, 0.25) is 0 Å². The van der Waals surface area contributed by atoms with Crippen LogP contribution >= 0.6 is 0 Å². The van der Waals surface area contributed by atoms with Gasteiger partial charge in [-0.15, -0.1) is 0 Å². The second-order valence-electron chi connectivity index (χ2n) is 2.13. The summed E-state index contributed by atoms with van der Waals surface area (Å²) in [5.41, 5.74) is 10.5. The highest BCUT2D eigenvalue weighted by atomic mass is 32.2. The minimum Gasteiger partial charge on any atom is -0.330 e. The Morgan fingerprint density at radius 1 is 1.00 bits per heavy atom. The largest absolute Gasteiger partial charge is 0.330 e. The molecule has 0 aliphatic rings. The summed E-state index contributed by atoms with van der Waals surface area (Å²) in [6.07, 6.45) is 1.72. The van der Waals surface area contributed by atoms with Crippen molar-refractivity contribution in [3.63, 3.8) is 0 Å². The van der Waals surface area contributed by atoms with Crippen LogP contribution in [0.15, 0.2) is 0 Å². The van der Waals surface area contributed by atoms with E-state index in [1.165, 1.54) is 0 Å². The number of hydrogen-bond acceptors (Lipinski definition) is 3. The van der Waals surface area contributed by atoms with Crippen molar-refractivity contribution >= 4 is 10.8 Å². The second-order valence-corrected chi connectivity index (χ2v) is 3.83. The van der Waals surface area contributed by atoms with Crippen LogP contribution in [0.2, 0.25) is 0 Å². The lowest BCUT2D eigenvalue weighted by molar-refractivity contribution is 0.678. The molecule has 0 unspecified atom stereocenters. The predicted octanol–water partition coefficient (Wildman–Crippen LogP) is -0.567. The summed E-state index contributed by atoms with van der Waals surface area (Å²) in [5, 5.41) is 0. The summed E-state index contributed by atoms with van der Waals surface area (Å²) in [6, 6.07) is 0. The molecule has 0 saturated heterocycles. The van der Waals surface area contributed by atoms with E-state index in [4.69, 9.17) is 11.5 Å². The molecule has 0 saturated carbocycles. The Morgan fingerprint density at radius 3 is 1.70 bits per heavy atom. The third-order valence-corrected chi connectivity index (χ3v) is 2.64. The molecule has 0 atom stereocenters. The van der Waals surface area contributed by atoms with E-state index in [9.17, 15) is 4.21 Å². The van der Waals surface area contributed by atoms with Crippen LogP contribution in [0.4, 0.5) is 0 Å². The molecular weight excluding hydrogens is 148 g/mol. The molecule has 3 nitrogen and oxygen atoms in total. The molecule has 4 N–H and O–H groups in total. The molecule has 0 spiro atoms. The Hall–Kier alpha value is 0.0700.